The minimum atomic E-state index is -0.514. The van der Waals surface area contributed by atoms with Gasteiger partial charge in [-0.1, -0.05) is 11.6 Å². The van der Waals surface area contributed by atoms with Gasteiger partial charge < -0.3 is 0 Å². The first-order valence-corrected chi connectivity index (χ1v) is 4.64. The molecule has 2 aromatic rings. The molecule has 0 N–H and O–H groups in total. The van der Waals surface area contributed by atoms with Crippen molar-refractivity contribution in [3.63, 3.8) is 0 Å². The van der Waals surface area contributed by atoms with E-state index in [1.165, 1.54) is 24.4 Å². The normalized spacial score (nSPS) is 10.0. The van der Waals surface area contributed by atoms with Crippen LogP contribution in [0.25, 0.3) is 10.8 Å². The fraction of sp³-hybridized carbons (Fsp3) is 0. The topological polar surface area (TPSA) is 79.8 Å². The minimum Gasteiger partial charge on any atom is -0.258 e. The van der Waals surface area contributed by atoms with E-state index in [1.54, 1.807) is 0 Å². The smallest absolute Gasteiger partial charge is 0.258 e. The fourth-order valence-electron chi connectivity index (χ4n) is 1.49. The van der Waals surface area contributed by atoms with E-state index >= 15 is 0 Å². The van der Waals surface area contributed by atoms with Crippen molar-refractivity contribution in [1.29, 1.82) is 5.26 Å². The molecule has 1 aromatic carbocycles. The third-order valence-corrected chi connectivity index (χ3v) is 2.47. The van der Waals surface area contributed by atoms with Crippen LogP contribution in [0.15, 0.2) is 24.4 Å². The predicted molar refractivity (Wildman–Crippen MR) is 58.1 cm³/mol. The van der Waals surface area contributed by atoms with Crippen molar-refractivity contribution in [3.8, 4) is 6.07 Å². The van der Waals surface area contributed by atoms with Gasteiger partial charge in [-0.2, -0.15) is 5.26 Å². The van der Waals surface area contributed by atoms with E-state index in [1.807, 2.05) is 6.07 Å². The molecule has 0 aliphatic carbocycles. The summed E-state index contributed by atoms with van der Waals surface area (Å²) in [6, 6.07) is 6.04. The molecule has 0 amide bonds. The van der Waals surface area contributed by atoms with Gasteiger partial charge in [-0.05, 0) is 12.1 Å². The molecule has 0 saturated heterocycles. The second kappa shape index (κ2) is 3.76. The average molecular weight is 234 g/mol. The van der Waals surface area contributed by atoms with E-state index in [0.29, 0.717) is 10.8 Å². The van der Waals surface area contributed by atoms with E-state index in [0.717, 1.165) is 0 Å². The molecule has 0 saturated carbocycles. The molecular formula is C10H4ClN3O2. The van der Waals surface area contributed by atoms with Crippen molar-refractivity contribution in [1.82, 2.24) is 4.98 Å². The molecule has 78 valence electrons. The first-order valence-electron chi connectivity index (χ1n) is 4.27. The average Bonchev–Trinajstić information content (AvgIpc) is 2.28. The van der Waals surface area contributed by atoms with Crippen LogP contribution < -0.4 is 0 Å². The highest BCUT2D eigenvalue weighted by atomic mass is 35.5. The lowest BCUT2D eigenvalue weighted by molar-refractivity contribution is -0.383. The van der Waals surface area contributed by atoms with Gasteiger partial charge in [0.05, 0.1) is 15.3 Å². The molecule has 6 heteroatoms. The molecule has 0 radical (unpaired) electrons. The second-order valence-corrected chi connectivity index (χ2v) is 3.42. The number of benzene rings is 1. The van der Waals surface area contributed by atoms with E-state index < -0.39 is 4.92 Å². The Balaban J connectivity index is 2.98. The highest BCUT2D eigenvalue weighted by molar-refractivity contribution is 6.36. The quantitative estimate of drug-likeness (QED) is 0.560. The second-order valence-electron chi connectivity index (χ2n) is 3.02. The van der Waals surface area contributed by atoms with Crippen LogP contribution in [-0.4, -0.2) is 9.91 Å². The summed E-state index contributed by atoms with van der Waals surface area (Å²) < 4.78 is 0. The number of nitrogens with zero attached hydrogens (tertiary/aromatic N) is 3. The molecule has 0 unspecified atom stereocenters. The zero-order valence-electron chi connectivity index (χ0n) is 7.85. The number of hydrogen-bond acceptors (Lipinski definition) is 4. The van der Waals surface area contributed by atoms with Gasteiger partial charge in [0.25, 0.3) is 5.69 Å². The summed E-state index contributed by atoms with van der Waals surface area (Å²) in [5.74, 6) is 0. The Morgan fingerprint density at radius 1 is 1.44 bits per heavy atom. The van der Waals surface area contributed by atoms with Crippen LogP contribution in [0.2, 0.25) is 5.02 Å². The third-order valence-electron chi connectivity index (χ3n) is 2.16. The van der Waals surface area contributed by atoms with Crippen LogP contribution in [0, 0.1) is 21.4 Å². The Morgan fingerprint density at radius 2 is 2.19 bits per heavy atom. The standard InChI is InChI=1S/C10H4ClN3O2/c11-7-1-2-9(14(15)16)6-3-4-13-8(5-12)10(6)7/h1-4H. The minimum absolute atomic E-state index is 0.0849. The van der Waals surface area contributed by atoms with Gasteiger partial charge in [0.1, 0.15) is 11.8 Å². The lowest BCUT2D eigenvalue weighted by atomic mass is 10.1. The molecule has 1 heterocycles. The number of nitro benzene ring substituents is 1. The maximum absolute atomic E-state index is 10.8. The SMILES string of the molecule is N#Cc1nccc2c([N+](=O)[O-])ccc(Cl)c12. The van der Waals surface area contributed by atoms with Crippen molar-refractivity contribution >= 4 is 28.1 Å². The zero-order valence-corrected chi connectivity index (χ0v) is 8.60. The molecule has 0 fully saturated rings. The highest BCUT2D eigenvalue weighted by Crippen LogP contribution is 2.32. The Morgan fingerprint density at radius 3 is 2.81 bits per heavy atom. The van der Waals surface area contributed by atoms with Crippen LogP contribution in [-0.2, 0) is 0 Å². The van der Waals surface area contributed by atoms with Gasteiger partial charge >= 0.3 is 0 Å². The van der Waals surface area contributed by atoms with E-state index in [4.69, 9.17) is 16.9 Å². The lowest BCUT2D eigenvalue weighted by Crippen LogP contribution is -1.92. The summed E-state index contributed by atoms with van der Waals surface area (Å²) in [6.07, 6.45) is 1.35. The molecule has 1 aromatic heterocycles. The maximum atomic E-state index is 10.8. The van der Waals surface area contributed by atoms with Crippen LogP contribution in [0.1, 0.15) is 5.69 Å². The summed E-state index contributed by atoms with van der Waals surface area (Å²) in [4.78, 5) is 14.1. The summed E-state index contributed by atoms with van der Waals surface area (Å²) >= 11 is 5.90. The first kappa shape index (κ1) is 10.3. The molecule has 0 spiro atoms. The molecule has 5 nitrogen and oxygen atoms in total. The molecular weight excluding hydrogens is 230 g/mol. The van der Waals surface area contributed by atoms with Gasteiger partial charge in [0, 0.05) is 17.6 Å². The Kier molecular flexibility index (Phi) is 2.43. The van der Waals surface area contributed by atoms with Crippen molar-refractivity contribution in [2.75, 3.05) is 0 Å². The number of hydrogen-bond donors (Lipinski definition) is 0. The van der Waals surface area contributed by atoms with Crippen LogP contribution in [0.5, 0.6) is 0 Å². The number of pyridine rings is 1. The molecule has 16 heavy (non-hydrogen) atoms. The highest BCUT2D eigenvalue weighted by Gasteiger charge is 2.16. The molecule has 0 aliphatic rings. The Bertz CT molecular complexity index is 634. The van der Waals surface area contributed by atoms with Crippen molar-refractivity contribution in [2.24, 2.45) is 0 Å². The van der Waals surface area contributed by atoms with Gasteiger partial charge in [-0.25, -0.2) is 4.98 Å². The Hall–Kier alpha value is -2.19. The number of fused-ring (bicyclic) bond motifs is 1. The van der Waals surface area contributed by atoms with Crippen molar-refractivity contribution < 1.29 is 4.92 Å². The summed E-state index contributed by atoms with van der Waals surface area (Å²) in [7, 11) is 0. The van der Waals surface area contributed by atoms with Crippen LogP contribution in [0.4, 0.5) is 5.69 Å². The first-order chi connectivity index (χ1) is 7.65. The van der Waals surface area contributed by atoms with E-state index in [9.17, 15) is 10.1 Å². The number of nitriles is 1. The van der Waals surface area contributed by atoms with Gasteiger partial charge in [-0.15, -0.1) is 0 Å². The molecule has 0 bridgehead atoms. The van der Waals surface area contributed by atoms with E-state index in [2.05, 4.69) is 4.98 Å². The van der Waals surface area contributed by atoms with E-state index in [-0.39, 0.29) is 16.4 Å². The maximum Gasteiger partial charge on any atom is 0.277 e. The Labute approximate surface area is 95.0 Å². The largest absolute Gasteiger partial charge is 0.277 e. The van der Waals surface area contributed by atoms with Gasteiger partial charge in [-0.3, -0.25) is 10.1 Å². The zero-order chi connectivity index (χ0) is 11.7. The summed E-state index contributed by atoms with van der Waals surface area (Å²) in [6.45, 7) is 0. The predicted octanol–water partition coefficient (Wildman–Crippen LogP) is 2.67. The summed E-state index contributed by atoms with van der Waals surface area (Å²) in [5, 5.41) is 20.6. The lowest BCUT2D eigenvalue weighted by Gasteiger charge is -2.02. The summed E-state index contributed by atoms with van der Waals surface area (Å²) in [5.41, 5.74) is 0.00417. The number of halogens is 1. The molecule has 2 rings (SSSR count). The third kappa shape index (κ3) is 1.45. The van der Waals surface area contributed by atoms with Gasteiger partial charge in [0.2, 0.25) is 0 Å². The number of non-ortho nitro benzene ring substituents is 1. The number of rotatable bonds is 1. The van der Waals surface area contributed by atoms with Crippen molar-refractivity contribution in [2.45, 2.75) is 0 Å². The monoisotopic (exact) mass is 233 g/mol. The number of aromatic nitrogens is 1. The van der Waals surface area contributed by atoms with Gasteiger partial charge in [0.15, 0.2) is 0 Å². The number of nitro groups is 1. The molecule has 0 atom stereocenters. The van der Waals surface area contributed by atoms with Crippen molar-refractivity contribution in [3.05, 3.63) is 45.2 Å². The molecule has 0 aliphatic heterocycles. The van der Waals surface area contributed by atoms with Crippen LogP contribution >= 0.6 is 11.6 Å². The van der Waals surface area contributed by atoms with Crippen LogP contribution in [0.3, 0.4) is 0 Å². The fourth-order valence-corrected chi connectivity index (χ4v) is 1.74.